The molecule has 0 aliphatic rings. The van der Waals surface area contributed by atoms with E-state index >= 15 is 0 Å². The number of benzene rings is 2. The van der Waals surface area contributed by atoms with Crippen molar-refractivity contribution in [1.29, 1.82) is 0 Å². The van der Waals surface area contributed by atoms with Crippen molar-refractivity contribution in [1.82, 2.24) is 0 Å². The minimum absolute atomic E-state index is 0.220. The Morgan fingerprint density at radius 2 is 1.45 bits per heavy atom. The van der Waals surface area contributed by atoms with Crippen LogP contribution in [0.15, 0.2) is 58.8 Å². The number of ether oxygens (including phenoxy) is 1. The summed E-state index contributed by atoms with van der Waals surface area (Å²) in [5.41, 5.74) is 1.46. The summed E-state index contributed by atoms with van der Waals surface area (Å²) in [4.78, 5) is 8.00. The van der Waals surface area contributed by atoms with E-state index < -0.39 is 0 Å². The summed E-state index contributed by atoms with van der Waals surface area (Å²) >= 11 is 0. The van der Waals surface area contributed by atoms with E-state index in [1.54, 1.807) is 24.3 Å². The lowest BCUT2D eigenvalue weighted by molar-refractivity contribution is -0.0979. The van der Waals surface area contributed by atoms with Crippen LogP contribution in [-0.4, -0.2) is 18.5 Å². The highest BCUT2D eigenvalue weighted by Gasteiger charge is 1.95. The van der Waals surface area contributed by atoms with Crippen LogP contribution in [0.4, 0.5) is 11.4 Å². The first kappa shape index (κ1) is 17.4. The highest BCUT2D eigenvalue weighted by atomic mass is 16.5. The number of azo groups is 1. The zero-order valence-electron chi connectivity index (χ0n) is 12.6. The molecule has 22 heavy (non-hydrogen) atoms. The molecule has 0 unspecified atom stereocenters. The van der Waals surface area contributed by atoms with Crippen molar-refractivity contribution >= 4 is 18.2 Å². The monoisotopic (exact) mass is 300 g/mol. The van der Waals surface area contributed by atoms with Crippen molar-refractivity contribution in [2.45, 2.75) is 19.8 Å². The van der Waals surface area contributed by atoms with Crippen LogP contribution < -0.4 is 4.74 Å². The topological polar surface area (TPSA) is 71.2 Å². The number of hydrogen-bond acceptors (Lipinski definition) is 5. The van der Waals surface area contributed by atoms with Crippen molar-refractivity contribution in [3.63, 3.8) is 0 Å². The molecule has 0 aliphatic carbocycles. The quantitative estimate of drug-likeness (QED) is 0.615. The first-order valence-electron chi connectivity index (χ1n) is 7.00. The molecule has 0 fully saturated rings. The van der Waals surface area contributed by atoms with E-state index in [9.17, 15) is 5.11 Å². The van der Waals surface area contributed by atoms with Crippen molar-refractivity contribution in [2.24, 2.45) is 10.2 Å². The largest absolute Gasteiger partial charge is 0.508 e. The van der Waals surface area contributed by atoms with Crippen LogP contribution in [0, 0.1) is 0 Å². The molecule has 0 saturated heterocycles. The van der Waals surface area contributed by atoms with Gasteiger partial charge in [0.2, 0.25) is 0 Å². The van der Waals surface area contributed by atoms with Gasteiger partial charge in [0.1, 0.15) is 18.3 Å². The summed E-state index contributed by atoms with van der Waals surface area (Å²) in [5.74, 6) is 1.07. The summed E-state index contributed by atoms with van der Waals surface area (Å²) in [7, 11) is 0. The van der Waals surface area contributed by atoms with Gasteiger partial charge in [-0.15, -0.1) is 0 Å². The second kappa shape index (κ2) is 10.1. The van der Waals surface area contributed by atoms with Crippen molar-refractivity contribution in [2.75, 3.05) is 6.61 Å². The fourth-order valence-corrected chi connectivity index (χ4v) is 1.58. The number of carbonyl (C=O) groups is 1. The Bertz CT molecular complexity index is 565. The number of unbranched alkanes of at least 4 members (excludes halogenated alkanes) is 1. The van der Waals surface area contributed by atoms with Gasteiger partial charge >= 0.3 is 0 Å². The number of aromatic hydroxyl groups is 1. The number of carbonyl (C=O) groups excluding carboxylic acids is 1. The standard InChI is InChI=1S/C16H18N2O2.CH2O/c1-2-3-12-20-16-10-6-14(7-11-16)18-17-13-4-8-15(19)9-5-13;1-2/h4-11,19H,2-3,12H2,1H3;1H2. The number of phenols is 1. The zero-order chi connectivity index (χ0) is 16.2. The van der Waals surface area contributed by atoms with E-state index in [0.29, 0.717) is 5.69 Å². The Kier molecular flexibility index (Phi) is 7.97. The maximum Gasteiger partial charge on any atom is 0.119 e. The number of hydrogen-bond donors (Lipinski definition) is 1. The molecule has 0 radical (unpaired) electrons. The molecule has 0 spiro atoms. The second-order valence-electron chi connectivity index (χ2n) is 4.41. The van der Waals surface area contributed by atoms with E-state index in [-0.39, 0.29) is 5.75 Å². The lowest BCUT2D eigenvalue weighted by Gasteiger charge is -2.04. The van der Waals surface area contributed by atoms with Crippen LogP contribution in [0.2, 0.25) is 0 Å². The maximum absolute atomic E-state index is 9.17. The van der Waals surface area contributed by atoms with Crippen molar-refractivity contribution in [3.8, 4) is 11.5 Å². The molecule has 116 valence electrons. The molecule has 0 atom stereocenters. The van der Waals surface area contributed by atoms with E-state index in [1.165, 1.54) is 0 Å². The molecule has 0 saturated carbocycles. The van der Waals surface area contributed by atoms with E-state index in [0.717, 1.165) is 30.9 Å². The Morgan fingerprint density at radius 3 is 1.95 bits per heavy atom. The van der Waals surface area contributed by atoms with Crippen LogP contribution in [0.1, 0.15) is 19.8 Å². The average molecular weight is 300 g/mol. The van der Waals surface area contributed by atoms with Crippen molar-refractivity contribution in [3.05, 3.63) is 48.5 Å². The zero-order valence-corrected chi connectivity index (χ0v) is 12.6. The normalized spacial score (nSPS) is 10.0. The Morgan fingerprint density at radius 1 is 0.955 bits per heavy atom. The molecule has 0 bridgehead atoms. The smallest absolute Gasteiger partial charge is 0.119 e. The molecule has 0 heterocycles. The summed E-state index contributed by atoms with van der Waals surface area (Å²) in [6.07, 6.45) is 2.18. The van der Waals surface area contributed by atoms with Crippen LogP contribution in [0.5, 0.6) is 11.5 Å². The number of rotatable bonds is 6. The molecule has 1 N–H and O–H groups in total. The molecule has 0 amide bonds. The van der Waals surface area contributed by atoms with Crippen molar-refractivity contribution < 1.29 is 14.6 Å². The summed E-state index contributed by atoms with van der Waals surface area (Å²) in [6.45, 7) is 4.88. The van der Waals surface area contributed by atoms with Gasteiger partial charge in [0, 0.05) is 0 Å². The van der Waals surface area contributed by atoms with Gasteiger partial charge in [0.05, 0.1) is 18.0 Å². The molecule has 2 aromatic carbocycles. The fraction of sp³-hybridized carbons (Fsp3) is 0.235. The molecule has 5 nitrogen and oxygen atoms in total. The maximum atomic E-state index is 9.17. The minimum Gasteiger partial charge on any atom is -0.508 e. The first-order valence-corrected chi connectivity index (χ1v) is 7.00. The molecule has 0 aromatic heterocycles. The van der Waals surface area contributed by atoms with Gasteiger partial charge in [-0.3, -0.25) is 0 Å². The molecular formula is C17H20N2O3. The van der Waals surface area contributed by atoms with E-state index in [4.69, 9.17) is 9.53 Å². The third kappa shape index (κ3) is 6.17. The predicted octanol–water partition coefficient (Wildman–Crippen LogP) is 4.80. The average Bonchev–Trinajstić information content (AvgIpc) is 2.58. The third-order valence-electron chi connectivity index (χ3n) is 2.73. The lowest BCUT2D eigenvalue weighted by Crippen LogP contribution is -1.95. The number of nitrogens with zero attached hydrogens (tertiary/aromatic N) is 2. The van der Waals surface area contributed by atoms with Crippen LogP contribution in [-0.2, 0) is 4.79 Å². The molecular weight excluding hydrogens is 280 g/mol. The van der Waals surface area contributed by atoms with E-state index in [2.05, 4.69) is 17.2 Å². The van der Waals surface area contributed by atoms with Gasteiger partial charge in [0.15, 0.2) is 0 Å². The Hall–Kier alpha value is -2.69. The van der Waals surface area contributed by atoms with Crippen LogP contribution >= 0.6 is 0 Å². The van der Waals surface area contributed by atoms with Crippen LogP contribution in [0.3, 0.4) is 0 Å². The van der Waals surface area contributed by atoms with Gasteiger partial charge < -0.3 is 14.6 Å². The molecule has 5 heteroatoms. The lowest BCUT2D eigenvalue weighted by atomic mass is 10.3. The van der Waals surface area contributed by atoms with Gasteiger partial charge in [-0.1, -0.05) is 13.3 Å². The fourth-order valence-electron chi connectivity index (χ4n) is 1.58. The summed E-state index contributed by atoms with van der Waals surface area (Å²) in [6, 6.07) is 14.1. The minimum atomic E-state index is 0.220. The first-order chi connectivity index (χ1) is 10.8. The predicted molar refractivity (Wildman–Crippen MR) is 86.2 cm³/mol. The summed E-state index contributed by atoms with van der Waals surface area (Å²) in [5, 5.41) is 17.4. The van der Waals surface area contributed by atoms with Crippen LogP contribution in [0.25, 0.3) is 0 Å². The van der Waals surface area contributed by atoms with Gasteiger partial charge in [0.25, 0.3) is 0 Å². The Balaban J connectivity index is 0.00000116. The third-order valence-corrected chi connectivity index (χ3v) is 2.73. The van der Waals surface area contributed by atoms with E-state index in [1.807, 2.05) is 31.1 Å². The SMILES string of the molecule is C=O.CCCCOc1ccc(N=Nc2ccc(O)cc2)cc1. The molecule has 0 aliphatic heterocycles. The Labute approximate surface area is 130 Å². The molecule has 2 aromatic rings. The second-order valence-corrected chi connectivity index (χ2v) is 4.41. The highest BCUT2D eigenvalue weighted by molar-refractivity contribution is 5.43. The number of phenolic OH excluding ortho intramolecular Hbond substituents is 1. The molecule has 2 rings (SSSR count). The van der Waals surface area contributed by atoms with Gasteiger partial charge in [-0.25, -0.2) is 0 Å². The highest BCUT2D eigenvalue weighted by Crippen LogP contribution is 2.22. The van der Waals surface area contributed by atoms with Gasteiger partial charge in [-0.05, 0) is 55.0 Å². The van der Waals surface area contributed by atoms with Gasteiger partial charge in [-0.2, -0.15) is 10.2 Å². The summed E-state index contributed by atoms with van der Waals surface area (Å²) < 4.78 is 5.58.